The van der Waals surface area contributed by atoms with E-state index in [4.69, 9.17) is 15.3 Å². The van der Waals surface area contributed by atoms with Gasteiger partial charge in [-0.15, -0.1) is 0 Å². The first-order valence-electron chi connectivity index (χ1n) is 5.30. The van der Waals surface area contributed by atoms with Gasteiger partial charge >= 0.3 is 0 Å². The highest BCUT2D eigenvalue weighted by Crippen LogP contribution is 2.23. The van der Waals surface area contributed by atoms with Crippen LogP contribution in [-0.4, -0.2) is 6.61 Å². The van der Waals surface area contributed by atoms with E-state index in [9.17, 15) is 0 Å². The van der Waals surface area contributed by atoms with E-state index in [1.165, 1.54) is 6.20 Å². The van der Waals surface area contributed by atoms with E-state index in [0.29, 0.717) is 12.4 Å². The van der Waals surface area contributed by atoms with E-state index in [1.807, 2.05) is 31.2 Å². The summed E-state index contributed by atoms with van der Waals surface area (Å²) < 4.78 is 5.53. The molecule has 0 saturated carbocycles. The summed E-state index contributed by atoms with van der Waals surface area (Å²) in [7, 11) is 0. The number of nitrogens with one attached hydrogen (secondary N) is 1. The first-order chi connectivity index (χ1) is 8.31. The number of benzene rings is 1. The van der Waals surface area contributed by atoms with Crippen LogP contribution in [0.25, 0.3) is 0 Å². The van der Waals surface area contributed by atoms with Crippen molar-refractivity contribution in [3.8, 4) is 17.9 Å². The molecule has 17 heavy (non-hydrogen) atoms. The summed E-state index contributed by atoms with van der Waals surface area (Å²) in [6, 6.07) is 11.0. The van der Waals surface area contributed by atoms with Crippen LogP contribution in [0.5, 0.6) is 5.75 Å². The second-order valence-electron chi connectivity index (χ2n) is 3.27. The molecule has 0 saturated heterocycles. The molecule has 1 N–H and O–H groups in total. The van der Waals surface area contributed by atoms with E-state index in [1.54, 1.807) is 12.1 Å². The minimum atomic E-state index is 0.0234. The molecule has 0 aliphatic carbocycles. The molecule has 0 atom stereocenters. The average Bonchev–Trinajstić information content (AvgIpc) is 2.38. The Morgan fingerprint density at radius 3 is 2.71 bits per heavy atom. The van der Waals surface area contributed by atoms with Gasteiger partial charge in [-0.05, 0) is 18.6 Å². The largest absolute Gasteiger partial charge is 0.491 e. The van der Waals surface area contributed by atoms with Gasteiger partial charge in [0.2, 0.25) is 0 Å². The molecule has 0 heterocycles. The fourth-order valence-corrected chi connectivity index (χ4v) is 1.16. The predicted molar refractivity (Wildman–Crippen MR) is 65.2 cm³/mol. The minimum absolute atomic E-state index is 0.0234. The Morgan fingerprint density at radius 2 is 2.06 bits per heavy atom. The Morgan fingerprint density at radius 1 is 1.35 bits per heavy atom. The maximum atomic E-state index is 8.60. The van der Waals surface area contributed by atoms with Crippen molar-refractivity contribution in [3.63, 3.8) is 0 Å². The predicted octanol–water partition coefficient (Wildman–Crippen LogP) is 2.82. The zero-order chi connectivity index (χ0) is 12.5. The lowest BCUT2D eigenvalue weighted by molar-refractivity contribution is 0.319. The highest BCUT2D eigenvalue weighted by atomic mass is 16.5. The third-order valence-corrected chi connectivity index (χ3v) is 1.96. The van der Waals surface area contributed by atoms with Crippen LogP contribution in [0.3, 0.4) is 0 Å². The van der Waals surface area contributed by atoms with Gasteiger partial charge in [-0.25, -0.2) is 0 Å². The van der Waals surface area contributed by atoms with Crippen LogP contribution >= 0.6 is 0 Å². The molecule has 0 bridgehead atoms. The van der Waals surface area contributed by atoms with E-state index in [2.05, 4.69) is 5.32 Å². The second-order valence-corrected chi connectivity index (χ2v) is 3.27. The minimum Gasteiger partial charge on any atom is -0.491 e. The molecule has 0 fully saturated rings. The summed E-state index contributed by atoms with van der Waals surface area (Å²) in [6.07, 6.45) is 2.29. The Labute approximate surface area is 101 Å². The fourth-order valence-electron chi connectivity index (χ4n) is 1.16. The van der Waals surface area contributed by atoms with Gasteiger partial charge in [0.25, 0.3) is 0 Å². The third-order valence-electron chi connectivity index (χ3n) is 1.96. The molecule has 1 aromatic rings. The highest BCUT2D eigenvalue weighted by Gasteiger charge is 2.01. The zero-order valence-corrected chi connectivity index (χ0v) is 9.60. The van der Waals surface area contributed by atoms with Crippen LogP contribution in [0.1, 0.15) is 13.3 Å². The number of allylic oxidation sites excluding steroid dienone is 1. The van der Waals surface area contributed by atoms with Crippen LogP contribution in [0.2, 0.25) is 0 Å². The summed E-state index contributed by atoms with van der Waals surface area (Å²) in [5.74, 6) is 0.709. The standard InChI is InChI=1S/C13H13N3O/c1-2-7-17-13-6-4-3-5-12(13)16-10-11(8-14)9-15/h3-6,10,16H,2,7H2,1H3. The number of nitrogens with zero attached hydrogens (tertiary/aromatic N) is 2. The number of hydrogen-bond acceptors (Lipinski definition) is 4. The Hall–Kier alpha value is -2.46. The molecule has 0 radical (unpaired) electrons. The van der Waals surface area contributed by atoms with Crippen LogP contribution in [0, 0.1) is 22.7 Å². The van der Waals surface area contributed by atoms with Crippen molar-refractivity contribution in [2.24, 2.45) is 0 Å². The normalized spacial score (nSPS) is 8.65. The summed E-state index contributed by atoms with van der Waals surface area (Å²) in [5, 5.41) is 20.1. The first kappa shape index (κ1) is 12.6. The highest BCUT2D eigenvalue weighted by molar-refractivity contribution is 5.59. The quantitative estimate of drug-likeness (QED) is 0.785. The second kappa shape index (κ2) is 6.92. The molecule has 0 spiro atoms. The van der Waals surface area contributed by atoms with Gasteiger partial charge in [0.1, 0.15) is 23.5 Å². The molecule has 86 valence electrons. The summed E-state index contributed by atoms with van der Waals surface area (Å²) in [4.78, 5) is 0. The number of anilines is 1. The topological polar surface area (TPSA) is 68.8 Å². The molecular weight excluding hydrogens is 214 g/mol. The molecular formula is C13H13N3O. The maximum Gasteiger partial charge on any atom is 0.145 e. The number of para-hydroxylation sites is 2. The number of hydrogen-bond donors (Lipinski definition) is 1. The molecule has 1 aromatic carbocycles. The van der Waals surface area contributed by atoms with Crippen molar-refractivity contribution < 1.29 is 4.74 Å². The van der Waals surface area contributed by atoms with Crippen LogP contribution in [0.4, 0.5) is 5.69 Å². The van der Waals surface area contributed by atoms with Crippen molar-refractivity contribution in [1.29, 1.82) is 10.5 Å². The Kier molecular flexibility index (Phi) is 5.13. The molecule has 0 amide bonds. The maximum absolute atomic E-state index is 8.60. The monoisotopic (exact) mass is 227 g/mol. The summed E-state index contributed by atoms with van der Waals surface area (Å²) in [6.45, 7) is 2.66. The van der Waals surface area contributed by atoms with Crippen LogP contribution in [-0.2, 0) is 0 Å². The van der Waals surface area contributed by atoms with Crippen molar-refractivity contribution in [3.05, 3.63) is 36.0 Å². The number of rotatable bonds is 5. The molecule has 4 nitrogen and oxygen atoms in total. The number of ether oxygens (including phenoxy) is 1. The lowest BCUT2D eigenvalue weighted by Gasteiger charge is -2.09. The molecule has 0 aliphatic heterocycles. The zero-order valence-electron chi connectivity index (χ0n) is 9.60. The fraction of sp³-hybridized carbons (Fsp3) is 0.231. The average molecular weight is 227 g/mol. The van der Waals surface area contributed by atoms with Gasteiger partial charge in [0, 0.05) is 6.20 Å². The Balaban J connectivity index is 2.81. The van der Waals surface area contributed by atoms with Crippen molar-refractivity contribution in [2.75, 3.05) is 11.9 Å². The van der Waals surface area contributed by atoms with Gasteiger partial charge in [0.15, 0.2) is 0 Å². The summed E-state index contributed by atoms with van der Waals surface area (Å²) >= 11 is 0. The van der Waals surface area contributed by atoms with Gasteiger partial charge < -0.3 is 10.1 Å². The van der Waals surface area contributed by atoms with E-state index >= 15 is 0 Å². The van der Waals surface area contributed by atoms with Crippen molar-refractivity contribution in [2.45, 2.75) is 13.3 Å². The molecule has 0 unspecified atom stereocenters. The van der Waals surface area contributed by atoms with Gasteiger partial charge in [-0.3, -0.25) is 0 Å². The van der Waals surface area contributed by atoms with E-state index < -0.39 is 0 Å². The SMILES string of the molecule is CCCOc1ccccc1NC=C(C#N)C#N. The third kappa shape index (κ3) is 3.89. The lowest BCUT2D eigenvalue weighted by Crippen LogP contribution is -1.99. The van der Waals surface area contributed by atoms with Gasteiger partial charge in [0.05, 0.1) is 12.3 Å². The van der Waals surface area contributed by atoms with Gasteiger partial charge in [-0.2, -0.15) is 10.5 Å². The first-order valence-corrected chi connectivity index (χ1v) is 5.30. The molecule has 4 heteroatoms. The molecule has 0 aliphatic rings. The van der Waals surface area contributed by atoms with Crippen molar-refractivity contribution in [1.82, 2.24) is 0 Å². The van der Waals surface area contributed by atoms with E-state index in [0.717, 1.165) is 12.1 Å². The van der Waals surface area contributed by atoms with Crippen LogP contribution in [0.15, 0.2) is 36.0 Å². The van der Waals surface area contributed by atoms with Crippen molar-refractivity contribution >= 4 is 5.69 Å². The summed E-state index contributed by atoms with van der Waals surface area (Å²) in [5.41, 5.74) is 0.763. The van der Waals surface area contributed by atoms with Gasteiger partial charge in [-0.1, -0.05) is 19.1 Å². The Bertz CT molecular complexity index is 464. The van der Waals surface area contributed by atoms with Crippen LogP contribution < -0.4 is 10.1 Å². The lowest BCUT2D eigenvalue weighted by atomic mass is 10.3. The molecule has 1 rings (SSSR count). The van der Waals surface area contributed by atoms with E-state index in [-0.39, 0.29) is 5.57 Å². The number of nitriles is 2. The molecule has 0 aromatic heterocycles. The smallest absolute Gasteiger partial charge is 0.145 e.